The number of carbonyl (C=O) groups is 2. The number of carbonyl (C=O) groups excluding carboxylic acids is 2. The lowest BCUT2D eigenvalue weighted by molar-refractivity contribution is -0.254. The summed E-state index contributed by atoms with van der Waals surface area (Å²) in [6, 6.07) is 4.59. The predicted molar refractivity (Wildman–Crippen MR) is 160 cm³/mol. The Morgan fingerprint density at radius 1 is 1.05 bits per heavy atom. The molecule has 2 aliphatic carbocycles. The number of quaternary nitrogens is 1. The van der Waals surface area contributed by atoms with Gasteiger partial charge in [-0.15, -0.1) is 0 Å². The van der Waals surface area contributed by atoms with E-state index in [-0.39, 0.29) is 16.5 Å². The van der Waals surface area contributed by atoms with Crippen molar-refractivity contribution in [1.82, 2.24) is 19.5 Å². The van der Waals surface area contributed by atoms with Gasteiger partial charge in [-0.1, -0.05) is 37.5 Å². The zero-order valence-electron chi connectivity index (χ0n) is 24.5. The smallest absolute Gasteiger partial charge is 0.283 e. The highest BCUT2D eigenvalue weighted by atomic mass is 16.4. The Labute approximate surface area is 243 Å². The number of aromatic carboxylic acids is 1. The van der Waals surface area contributed by atoms with Gasteiger partial charge in [-0.05, 0) is 82.5 Å². The second-order valence-electron chi connectivity index (χ2n) is 13.0. The summed E-state index contributed by atoms with van der Waals surface area (Å²) in [4.78, 5) is 29.2. The second-order valence-corrected chi connectivity index (χ2v) is 13.0. The Balaban J connectivity index is 1.43. The van der Waals surface area contributed by atoms with Crippen molar-refractivity contribution in [2.75, 3.05) is 13.1 Å². The van der Waals surface area contributed by atoms with Crippen molar-refractivity contribution in [2.45, 2.75) is 103 Å². The van der Waals surface area contributed by atoms with Crippen LogP contribution >= 0.6 is 0 Å². The molecule has 2 aromatic rings. The lowest BCUT2D eigenvalue weighted by Crippen LogP contribution is -2.63. The number of hydrogen-bond acceptors (Lipinski definition) is 4. The van der Waals surface area contributed by atoms with Crippen molar-refractivity contribution in [3.05, 3.63) is 58.4 Å². The maximum atomic E-state index is 14.1. The van der Waals surface area contributed by atoms with Gasteiger partial charge in [-0.3, -0.25) is 9.69 Å². The zero-order valence-corrected chi connectivity index (χ0v) is 24.5. The highest BCUT2D eigenvalue weighted by molar-refractivity contribution is 6.02. The van der Waals surface area contributed by atoms with Crippen LogP contribution < -0.4 is 15.1 Å². The SMILES string of the molecule is CC(C)N1CCC[C@H]1C(=O)N[N@+]12C=CCc3c(C4CCCCC4)ccc(c31)-c1c(C(=O)[O-])c3c(n1CC2)CCC=C3. The number of fused-ring (bicyclic) bond motifs is 4. The van der Waals surface area contributed by atoms with Crippen LogP contribution in [0.25, 0.3) is 17.3 Å². The summed E-state index contributed by atoms with van der Waals surface area (Å²) >= 11 is 0. The standard InChI is InChI=1S/C34H42N4O3/c1-22(2)36-18-8-15-29(36)33(39)35-38-20-9-13-25-24(23-10-4-3-5-11-23)16-17-27(32(25)38)31-30(34(40)41)26-12-6-7-14-28(26)37(31)19-21-38/h6,9,12,16-17,20,22-23,29H,3-5,7-8,10-11,13-15,18-19,21H2,1-2H3,(H-,35,39,40,41)/t29-,38-/m0/s1. The summed E-state index contributed by atoms with van der Waals surface area (Å²) in [6.07, 6.45) is 19.0. The molecular formula is C34H42N4O3. The molecule has 4 heterocycles. The first-order valence-electron chi connectivity index (χ1n) is 15.8. The molecular weight excluding hydrogens is 512 g/mol. The Hall–Kier alpha value is -3.16. The molecule has 3 aliphatic heterocycles. The van der Waals surface area contributed by atoms with Gasteiger partial charge in [-0.2, -0.15) is 10.0 Å². The Morgan fingerprint density at radius 2 is 1.88 bits per heavy atom. The van der Waals surface area contributed by atoms with Crippen LogP contribution in [0.2, 0.25) is 0 Å². The molecule has 5 aliphatic rings. The molecule has 7 heteroatoms. The number of nitrogens with zero attached hydrogens (tertiary/aromatic N) is 3. The van der Waals surface area contributed by atoms with Crippen LogP contribution in [0, 0.1) is 0 Å². The number of nitrogens with one attached hydrogen (secondary N) is 1. The largest absolute Gasteiger partial charge is 0.545 e. The predicted octanol–water partition coefficient (Wildman–Crippen LogP) is 4.82. The number of likely N-dealkylation sites (tertiary alicyclic amines) is 1. The number of hydrogen-bond donors (Lipinski definition) is 1. The summed E-state index contributed by atoms with van der Waals surface area (Å²) in [6.45, 7) is 6.53. The Morgan fingerprint density at radius 3 is 2.66 bits per heavy atom. The zero-order chi connectivity index (χ0) is 28.3. The van der Waals surface area contributed by atoms with Crippen LogP contribution in [-0.4, -0.2) is 46.5 Å². The van der Waals surface area contributed by atoms with Crippen molar-refractivity contribution in [2.24, 2.45) is 0 Å². The maximum Gasteiger partial charge on any atom is 0.283 e. The van der Waals surface area contributed by atoms with E-state index in [4.69, 9.17) is 0 Å². The molecule has 1 saturated carbocycles. The van der Waals surface area contributed by atoms with Gasteiger partial charge in [0, 0.05) is 34.8 Å². The number of aromatic nitrogens is 1. The second kappa shape index (κ2) is 10.3. The van der Waals surface area contributed by atoms with E-state index in [0.29, 0.717) is 30.6 Å². The fourth-order valence-corrected chi connectivity index (χ4v) is 8.58. The van der Waals surface area contributed by atoms with Crippen molar-refractivity contribution >= 4 is 23.6 Å². The molecule has 1 aromatic heterocycles. The third-order valence-corrected chi connectivity index (χ3v) is 10.4. The highest BCUT2D eigenvalue weighted by Gasteiger charge is 2.46. The van der Waals surface area contributed by atoms with Crippen LogP contribution in [0.5, 0.6) is 0 Å². The van der Waals surface area contributed by atoms with Crippen LogP contribution in [0.15, 0.2) is 30.5 Å². The number of rotatable bonds is 5. The van der Waals surface area contributed by atoms with E-state index >= 15 is 0 Å². The average molecular weight is 555 g/mol. The fourth-order valence-electron chi connectivity index (χ4n) is 8.58. The quantitative estimate of drug-likeness (QED) is 0.538. The third-order valence-electron chi connectivity index (χ3n) is 10.4. The van der Waals surface area contributed by atoms with Crippen LogP contribution in [0.4, 0.5) is 5.69 Å². The summed E-state index contributed by atoms with van der Waals surface area (Å²) in [5.41, 5.74) is 11.1. The van der Waals surface area contributed by atoms with Gasteiger partial charge < -0.3 is 14.5 Å². The van der Waals surface area contributed by atoms with Gasteiger partial charge >= 0.3 is 0 Å². The third kappa shape index (κ3) is 4.23. The summed E-state index contributed by atoms with van der Waals surface area (Å²) in [5, 5.41) is 12.8. The monoisotopic (exact) mass is 554 g/mol. The number of benzene rings is 1. The van der Waals surface area contributed by atoms with Gasteiger partial charge in [0.1, 0.15) is 12.7 Å². The molecule has 0 spiro atoms. The first kappa shape index (κ1) is 26.7. The molecule has 0 unspecified atom stereocenters. The molecule has 2 fully saturated rings. The van der Waals surface area contributed by atoms with Crippen LogP contribution in [0.1, 0.15) is 104 Å². The molecule has 0 bridgehead atoms. The number of amides is 1. The summed E-state index contributed by atoms with van der Waals surface area (Å²) in [5.74, 6) is -0.550. The van der Waals surface area contributed by atoms with Gasteiger partial charge in [-0.25, -0.2) is 0 Å². The van der Waals surface area contributed by atoms with E-state index in [0.717, 1.165) is 66.9 Å². The topological polar surface area (TPSA) is 77.4 Å². The average Bonchev–Trinajstić information content (AvgIpc) is 3.57. The highest BCUT2D eigenvalue weighted by Crippen LogP contribution is 2.49. The molecule has 7 rings (SSSR count). The summed E-state index contributed by atoms with van der Waals surface area (Å²) in [7, 11) is 0. The fraction of sp³-hybridized carbons (Fsp3) is 0.529. The van der Waals surface area contributed by atoms with E-state index < -0.39 is 5.97 Å². The van der Waals surface area contributed by atoms with E-state index in [2.05, 4.69) is 59.2 Å². The minimum atomic E-state index is -1.12. The molecule has 41 heavy (non-hydrogen) atoms. The molecule has 1 saturated heterocycles. The van der Waals surface area contributed by atoms with Crippen molar-refractivity contribution in [1.29, 1.82) is 0 Å². The van der Waals surface area contributed by atoms with Gasteiger partial charge in [0.15, 0.2) is 5.69 Å². The van der Waals surface area contributed by atoms with Crippen LogP contribution in [-0.2, 0) is 24.2 Å². The van der Waals surface area contributed by atoms with Crippen LogP contribution in [0.3, 0.4) is 0 Å². The first-order valence-corrected chi connectivity index (χ1v) is 15.8. The number of allylic oxidation sites excluding steroid dienone is 2. The summed E-state index contributed by atoms with van der Waals surface area (Å²) < 4.78 is 2.47. The normalized spacial score (nSPS) is 25.5. The van der Waals surface area contributed by atoms with Crippen molar-refractivity contribution in [3.63, 3.8) is 0 Å². The molecule has 0 radical (unpaired) electrons. The molecule has 2 atom stereocenters. The van der Waals surface area contributed by atoms with Gasteiger partial charge in [0.2, 0.25) is 0 Å². The number of carboxylic acid groups (broad SMARTS) is 1. The Bertz CT molecular complexity index is 1460. The van der Waals surface area contributed by atoms with E-state index in [1.807, 2.05) is 6.08 Å². The minimum Gasteiger partial charge on any atom is -0.545 e. The van der Waals surface area contributed by atoms with E-state index in [1.165, 1.54) is 43.2 Å². The molecule has 1 aromatic carbocycles. The van der Waals surface area contributed by atoms with Gasteiger partial charge in [0.25, 0.3) is 5.91 Å². The van der Waals surface area contributed by atoms with Gasteiger partial charge in [0.05, 0.1) is 29.8 Å². The maximum absolute atomic E-state index is 14.1. The molecule has 1 N–H and O–H groups in total. The molecule has 1 amide bonds. The lowest BCUT2D eigenvalue weighted by Gasteiger charge is -2.40. The molecule has 7 nitrogen and oxygen atoms in total. The lowest BCUT2D eigenvalue weighted by atomic mass is 9.79. The minimum absolute atomic E-state index is 0.0689. The number of carboxylic acids is 1. The van der Waals surface area contributed by atoms with Crippen molar-refractivity contribution in [3.8, 4) is 11.3 Å². The van der Waals surface area contributed by atoms with Crippen molar-refractivity contribution < 1.29 is 14.7 Å². The van der Waals surface area contributed by atoms with E-state index in [1.54, 1.807) is 0 Å². The first-order chi connectivity index (χ1) is 19.9. The Kier molecular flexibility index (Phi) is 6.70. The molecule has 216 valence electrons. The van der Waals surface area contributed by atoms with E-state index in [9.17, 15) is 14.7 Å².